The molecule has 248 valence electrons. The Bertz CT molecular complexity index is 2010. The number of aromatic nitrogens is 3. The van der Waals surface area contributed by atoms with Crippen LogP contribution >= 0.6 is 0 Å². The summed E-state index contributed by atoms with van der Waals surface area (Å²) in [5.74, 6) is -0.810. The molecule has 0 N–H and O–H groups in total. The smallest absolute Gasteiger partial charge is 0.339 e. The maximum Gasteiger partial charge on any atom is 0.339 e. The fourth-order valence-electron chi connectivity index (χ4n) is 6.92. The van der Waals surface area contributed by atoms with Gasteiger partial charge in [0.15, 0.2) is 23.3 Å². The van der Waals surface area contributed by atoms with Crippen LogP contribution in [0.3, 0.4) is 0 Å². The minimum atomic E-state index is -1.14. The van der Waals surface area contributed by atoms with Gasteiger partial charge in [-0.15, -0.1) is 0 Å². The molecule has 2 aromatic heterocycles. The highest BCUT2D eigenvalue weighted by Crippen LogP contribution is 2.42. The summed E-state index contributed by atoms with van der Waals surface area (Å²) in [5.41, 5.74) is 7.89. The normalized spacial score (nSPS) is 15.3. The first-order valence-corrected chi connectivity index (χ1v) is 16.7. The van der Waals surface area contributed by atoms with Crippen molar-refractivity contribution in [2.75, 3.05) is 31.7 Å². The van der Waals surface area contributed by atoms with Crippen molar-refractivity contribution in [3.05, 3.63) is 89.4 Å². The maximum absolute atomic E-state index is 16.1. The third kappa shape index (κ3) is 6.03. The number of carbonyl (C=O) groups excluding carboxylic acids is 1. The molecule has 4 heterocycles. The van der Waals surface area contributed by atoms with Gasteiger partial charge in [-0.1, -0.05) is 48.9 Å². The number of hydrogen-bond donors (Lipinski definition) is 0. The van der Waals surface area contributed by atoms with E-state index in [1.807, 2.05) is 52.0 Å². The molecule has 0 saturated carbocycles. The van der Waals surface area contributed by atoms with E-state index in [2.05, 4.69) is 41.3 Å². The van der Waals surface area contributed by atoms with Crippen LogP contribution in [0.5, 0.6) is 5.75 Å². The third-order valence-electron chi connectivity index (χ3n) is 9.08. The van der Waals surface area contributed by atoms with Crippen LogP contribution in [0.4, 0.5) is 10.1 Å². The molecule has 3 aromatic carbocycles. The molecule has 1 atom stereocenters. The Morgan fingerprint density at radius 3 is 2.58 bits per heavy atom. The number of anilines is 1. The van der Waals surface area contributed by atoms with E-state index in [0.29, 0.717) is 52.7 Å². The zero-order valence-corrected chi connectivity index (χ0v) is 28.2. The summed E-state index contributed by atoms with van der Waals surface area (Å²) in [6.45, 7) is 9.30. The van der Waals surface area contributed by atoms with Gasteiger partial charge in [-0.2, -0.15) is 5.10 Å². The van der Waals surface area contributed by atoms with Crippen LogP contribution in [0.2, 0.25) is 0 Å². The Kier molecular flexibility index (Phi) is 8.41. The van der Waals surface area contributed by atoms with Crippen molar-refractivity contribution in [3.8, 4) is 39.4 Å². The molecule has 2 aliphatic heterocycles. The molecule has 9 heteroatoms. The largest absolute Gasteiger partial charge is 0.486 e. The van der Waals surface area contributed by atoms with Crippen molar-refractivity contribution < 1.29 is 23.4 Å². The van der Waals surface area contributed by atoms with Crippen molar-refractivity contribution in [3.63, 3.8) is 0 Å². The Balaban J connectivity index is 1.52. The van der Waals surface area contributed by atoms with Gasteiger partial charge in [0.1, 0.15) is 6.61 Å². The van der Waals surface area contributed by atoms with E-state index in [9.17, 15) is 4.79 Å². The number of ether oxygens (including phenoxy) is 3. The molecule has 48 heavy (non-hydrogen) atoms. The lowest BCUT2D eigenvalue weighted by atomic mass is 9.94. The third-order valence-corrected chi connectivity index (χ3v) is 9.08. The van der Waals surface area contributed by atoms with E-state index in [0.717, 1.165) is 43.4 Å². The van der Waals surface area contributed by atoms with Gasteiger partial charge < -0.3 is 19.1 Å². The second kappa shape index (κ2) is 12.7. The van der Waals surface area contributed by atoms with E-state index >= 15 is 4.39 Å². The number of rotatable bonds is 3. The Morgan fingerprint density at radius 1 is 0.958 bits per heavy atom. The summed E-state index contributed by atoms with van der Waals surface area (Å²) >= 11 is 0. The highest BCUT2D eigenvalue weighted by Gasteiger charge is 2.35. The first-order chi connectivity index (χ1) is 23.1. The van der Waals surface area contributed by atoms with Gasteiger partial charge in [0.05, 0.1) is 36.3 Å². The number of esters is 1. The van der Waals surface area contributed by atoms with Crippen molar-refractivity contribution in [2.24, 2.45) is 0 Å². The van der Waals surface area contributed by atoms with Gasteiger partial charge >= 0.3 is 5.97 Å². The number of nitrogens with zero attached hydrogens (tertiary/aromatic N) is 4. The lowest BCUT2D eigenvalue weighted by Crippen LogP contribution is -2.34. The van der Waals surface area contributed by atoms with Crippen LogP contribution in [0.1, 0.15) is 63.0 Å². The van der Waals surface area contributed by atoms with Crippen LogP contribution in [0.15, 0.2) is 66.7 Å². The quantitative estimate of drug-likeness (QED) is 0.183. The molecule has 0 radical (unpaired) electrons. The molecule has 5 aromatic rings. The van der Waals surface area contributed by atoms with Crippen molar-refractivity contribution >= 4 is 17.3 Å². The second-order valence-corrected chi connectivity index (χ2v) is 13.6. The van der Waals surface area contributed by atoms with Gasteiger partial charge in [0.25, 0.3) is 0 Å². The zero-order valence-electron chi connectivity index (χ0n) is 28.2. The van der Waals surface area contributed by atoms with E-state index in [1.54, 1.807) is 4.52 Å². The Hall–Kier alpha value is -4.76. The monoisotopic (exact) mass is 648 g/mol. The highest BCUT2D eigenvalue weighted by atomic mass is 19.1. The molecule has 7 rings (SSSR count). The summed E-state index contributed by atoms with van der Waals surface area (Å²) in [7, 11) is 1.34. The number of carbonyl (C=O) groups is 1. The molecule has 0 spiro atoms. The van der Waals surface area contributed by atoms with Crippen LogP contribution in [0.25, 0.3) is 39.3 Å². The molecule has 8 nitrogen and oxygen atoms in total. The summed E-state index contributed by atoms with van der Waals surface area (Å²) < 4.78 is 35.3. The minimum absolute atomic E-state index is 0.241. The summed E-state index contributed by atoms with van der Waals surface area (Å²) in [4.78, 5) is 20.6. The lowest BCUT2D eigenvalue weighted by Gasteiger charge is -2.32. The molecule has 0 saturated heterocycles. The summed E-state index contributed by atoms with van der Waals surface area (Å²) in [6, 6.07) is 22.3. The molecule has 0 fully saturated rings. The van der Waals surface area contributed by atoms with E-state index in [1.165, 1.54) is 24.3 Å². The first-order valence-electron chi connectivity index (χ1n) is 16.7. The number of fused-ring (bicyclic) bond motifs is 8. The zero-order chi connectivity index (χ0) is 33.6. The average Bonchev–Trinajstić information content (AvgIpc) is 3.49. The topological polar surface area (TPSA) is 78.2 Å². The van der Waals surface area contributed by atoms with Gasteiger partial charge in [-0.25, -0.2) is 18.7 Å². The van der Waals surface area contributed by atoms with Crippen molar-refractivity contribution in [1.29, 1.82) is 0 Å². The lowest BCUT2D eigenvalue weighted by molar-refractivity contribution is -0.164. The molecule has 1 unspecified atom stereocenters. The average molecular weight is 649 g/mol. The van der Waals surface area contributed by atoms with E-state index in [-0.39, 0.29) is 5.75 Å². The minimum Gasteiger partial charge on any atom is -0.486 e. The van der Waals surface area contributed by atoms with Gasteiger partial charge in [0.2, 0.25) is 0 Å². The summed E-state index contributed by atoms with van der Waals surface area (Å²) in [5, 5.41) is 5.09. The van der Waals surface area contributed by atoms with Crippen molar-refractivity contribution in [2.45, 2.75) is 65.1 Å². The van der Waals surface area contributed by atoms with Gasteiger partial charge in [-0.3, -0.25) is 0 Å². The highest BCUT2D eigenvalue weighted by molar-refractivity contribution is 5.84. The molecular weight excluding hydrogens is 607 g/mol. The number of halogens is 1. The number of aryl methyl sites for hydroxylation is 2. The fraction of sp³-hybridized carbons (Fsp3) is 0.359. The van der Waals surface area contributed by atoms with E-state index in [4.69, 9.17) is 24.3 Å². The predicted molar refractivity (Wildman–Crippen MR) is 185 cm³/mol. The molecule has 6 bridgehead atoms. The number of hydrogen-bond acceptors (Lipinski definition) is 7. The Labute approximate surface area is 280 Å². The van der Waals surface area contributed by atoms with E-state index < -0.39 is 23.5 Å². The second-order valence-electron chi connectivity index (χ2n) is 13.6. The SMILES string of the molecule is COC(=O)C(OC(C)(C)C)c1c(C)nc2cc3nn2c1-c1cc(F)c2c(c1)N(CCCCCc1ccccc1-c1cccc-3c1)CCO2. The number of benzene rings is 3. The van der Waals surface area contributed by atoms with Crippen LogP contribution < -0.4 is 9.64 Å². The van der Waals surface area contributed by atoms with Crippen LogP contribution in [-0.2, 0) is 20.7 Å². The van der Waals surface area contributed by atoms with Gasteiger partial charge in [0, 0.05) is 35.0 Å². The molecule has 0 amide bonds. The molecule has 0 aliphatic carbocycles. The molecular formula is C39H41FN4O4. The predicted octanol–water partition coefficient (Wildman–Crippen LogP) is 8.13. The Morgan fingerprint density at radius 2 is 1.77 bits per heavy atom. The van der Waals surface area contributed by atoms with Gasteiger partial charge in [-0.05, 0) is 81.8 Å². The standard InChI is InChI=1S/C39H41FN4O4/c1-24-34(37(38(45)46-5)48-39(2,3)4)35-28-21-30(40)36-32(22-28)43(18-19-47-36)17-10-6-7-12-25-13-8-9-16-29(25)26-14-11-15-27(20-26)31-23-33(41-24)44(35)42-31/h8-9,11,13-16,20-23,37H,6-7,10,12,17-19H2,1-5H3. The van der Waals surface area contributed by atoms with Crippen molar-refractivity contribution in [1.82, 2.24) is 14.6 Å². The molecule has 2 aliphatic rings. The fourth-order valence-corrected chi connectivity index (χ4v) is 6.92. The number of methoxy groups -OCH3 is 1. The maximum atomic E-state index is 16.1. The summed E-state index contributed by atoms with van der Waals surface area (Å²) in [6.07, 6.45) is 2.88. The van der Waals surface area contributed by atoms with Crippen LogP contribution in [-0.4, -0.2) is 53.0 Å². The van der Waals surface area contributed by atoms with Crippen LogP contribution in [0, 0.1) is 12.7 Å². The first kappa shape index (κ1) is 31.8.